The highest BCUT2D eigenvalue weighted by Crippen LogP contribution is 2.49. The number of amides is 2. The lowest BCUT2D eigenvalue weighted by atomic mass is 9.54. The van der Waals surface area contributed by atoms with E-state index >= 15 is 0 Å². The maximum absolute atomic E-state index is 12.6. The molecule has 1 aliphatic carbocycles. The SMILES string of the molecule is CCOC1CC(N)(C(=O)NCCc2cccc(C(=O)NC)c2)C1(C)C. The van der Waals surface area contributed by atoms with E-state index < -0.39 is 11.0 Å². The number of carbonyl (C=O) groups is 2. The topological polar surface area (TPSA) is 93.4 Å². The number of nitrogens with one attached hydrogen (secondary N) is 2. The summed E-state index contributed by atoms with van der Waals surface area (Å²) in [6.07, 6.45) is 1.19. The van der Waals surface area contributed by atoms with E-state index in [0.29, 0.717) is 31.6 Å². The van der Waals surface area contributed by atoms with Gasteiger partial charge in [-0.1, -0.05) is 26.0 Å². The summed E-state index contributed by atoms with van der Waals surface area (Å²) in [5, 5.41) is 5.54. The van der Waals surface area contributed by atoms with Crippen molar-refractivity contribution in [2.24, 2.45) is 11.1 Å². The van der Waals surface area contributed by atoms with Gasteiger partial charge in [0.15, 0.2) is 0 Å². The molecule has 0 radical (unpaired) electrons. The standard InChI is InChI=1S/C19H29N3O3/c1-5-25-15-12-19(20,18(15,2)3)17(24)22-10-9-13-7-6-8-14(11-13)16(23)21-4/h6-8,11,15H,5,9-10,12,20H2,1-4H3,(H,21,23)(H,22,24). The molecule has 2 atom stereocenters. The third-order valence-electron chi connectivity index (χ3n) is 5.35. The van der Waals surface area contributed by atoms with Gasteiger partial charge in [-0.2, -0.15) is 0 Å². The second-order valence-electron chi connectivity index (χ2n) is 7.13. The Labute approximate surface area is 149 Å². The van der Waals surface area contributed by atoms with Crippen LogP contribution in [-0.2, 0) is 16.0 Å². The predicted octanol–water partition coefficient (Wildman–Crippen LogP) is 1.24. The van der Waals surface area contributed by atoms with Crippen LogP contribution in [0.3, 0.4) is 0 Å². The molecule has 138 valence electrons. The number of nitrogens with two attached hydrogens (primary N) is 1. The molecular formula is C19H29N3O3. The molecule has 0 heterocycles. The molecule has 2 rings (SSSR count). The van der Waals surface area contributed by atoms with Gasteiger partial charge in [-0.05, 0) is 31.0 Å². The third-order valence-corrected chi connectivity index (χ3v) is 5.35. The minimum absolute atomic E-state index is 0.0116. The molecule has 0 bridgehead atoms. The molecule has 0 saturated heterocycles. The van der Waals surface area contributed by atoms with Crippen LogP contribution in [0.15, 0.2) is 24.3 Å². The highest BCUT2D eigenvalue weighted by molar-refractivity contribution is 5.94. The Hall–Kier alpha value is -1.92. The Bertz CT molecular complexity index is 645. The molecule has 25 heavy (non-hydrogen) atoms. The van der Waals surface area contributed by atoms with Crippen molar-refractivity contribution < 1.29 is 14.3 Å². The Morgan fingerprint density at radius 2 is 2.08 bits per heavy atom. The highest BCUT2D eigenvalue weighted by Gasteiger charge is 2.62. The molecule has 0 aliphatic heterocycles. The van der Waals surface area contributed by atoms with Crippen LogP contribution in [0.4, 0.5) is 0 Å². The lowest BCUT2D eigenvalue weighted by Crippen LogP contribution is -2.75. The lowest BCUT2D eigenvalue weighted by Gasteiger charge is -2.57. The monoisotopic (exact) mass is 347 g/mol. The summed E-state index contributed by atoms with van der Waals surface area (Å²) in [4.78, 5) is 24.2. The summed E-state index contributed by atoms with van der Waals surface area (Å²) in [6.45, 7) is 6.99. The summed E-state index contributed by atoms with van der Waals surface area (Å²) >= 11 is 0. The fraction of sp³-hybridized carbons (Fsp3) is 0.579. The van der Waals surface area contributed by atoms with Crippen LogP contribution in [0, 0.1) is 5.41 Å². The second-order valence-corrected chi connectivity index (χ2v) is 7.13. The molecule has 0 aromatic heterocycles. The molecular weight excluding hydrogens is 318 g/mol. The average molecular weight is 347 g/mol. The first-order chi connectivity index (χ1) is 11.8. The van der Waals surface area contributed by atoms with Gasteiger partial charge in [0.05, 0.1) is 6.10 Å². The summed E-state index contributed by atoms with van der Waals surface area (Å²) < 4.78 is 5.66. The van der Waals surface area contributed by atoms with Gasteiger partial charge in [-0.3, -0.25) is 9.59 Å². The van der Waals surface area contributed by atoms with Crippen LogP contribution in [0.25, 0.3) is 0 Å². The molecule has 2 amide bonds. The largest absolute Gasteiger partial charge is 0.378 e. The van der Waals surface area contributed by atoms with Crippen molar-refractivity contribution in [2.75, 3.05) is 20.2 Å². The molecule has 2 unspecified atom stereocenters. The van der Waals surface area contributed by atoms with E-state index in [9.17, 15) is 9.59 Å². The summed E-state index contributed by atoms with van der Waals surface area (Å²) in [6, 6.07) is 7.38. The molecule has 6 heteroatoms. The number of hydrogen-bond donors (Lipinski definition) is 3. The number of carbonyl (C=O) groups excluding carboxylic acids is 2. The number of rotatable bonds is 7. The van der Waals surface area contributed by atoms with Gasteiger partial charge in [0.1, 0.15) is 5.54 Å². The fourth-order valence-electron chi connectivity index (χ4n) is 3.31. The summed E-state index contributed by atoms with van der Waals surface area (Å²) in [7, 11) is 1.60. The van der Waals surface area contributed by atoms with Crippen molar-refractivity contribution >= 4 is 11.8 Å². The Kier molecular flexibility index (Phi) is 5.85. The molecule has 1 saturated carbocycles. The normalized spacial score (nSPS) is 24.3. The van der Waals surface area contributed by atoms with Crippen LogP contribution in [-0.4, -0.2) is 43.7 Å². The number of ether oxygens (including phenoxy) is 1. The maximum Gasteiger partial charge on any atom is 0.251 e. The molecule has 1 aromatic carbocycles. The number of hydrogen-bond acceptors (Lipinski definition) is 4. The molecule has 1 fully saturated rings. The Morgan fingerprint density at radius 1 is 1.36 bits per heavy atom. The molecule has 4 N–H and O–H groups in total. The second kappa shape index (κ2) is 7.54. The minimum atomic E-state index is -0.906. The fourth-order valence-corrected chi connectivity index (χ4v) is 3.31. The predicted molar refractivity (Wildman–Crippen MR) is 97.3 cm³/mol. The van der Waals surface area contributed by atoms with Crippen LogP contribution in [0.5, 0.6) is 0 Å². The van der Waals surface area contributed by atoms with Crippen molar-refractivity contribution in [1.29, 1.82) is 0 Å². The van der Waals surface area contributed by atoms with Crippen molar-refractivity contribution in [3.63, 3.8) is 0 Å². The average Bonchev–Trinajstić information content (AvgIpc) is 2.60. The van der Waals surface area contributed by atoms with Gasteiger partial charge in [-0.25, -0.2) is 0 Å². The van der Waals surface area contributed by atoms with Crippen molar-refractivity contribution in [1.82, 2.24) is 10.6 Å². The van der Waals surface area contributed by atoms with Crippen LogP contribution in [0.2, 0.25) is 0 Å². The van der Waals surface area contributed by atoms with Crippen molar-refractivity contribution in [3.8, 4) is 0 Å². The van der Waals surface area contributed by atoms with E-state index in [1.807, 2.05) is 39.0 Å². The van der Waals surface area contributed by atoms with Crippen molar-refractivity contribution in [3.05, 3.63) is 35.4 Å². The zero-order valence-corrected chi connectivity index (χ0v) is 15.5. The van der Waals surface area contributed by atoms with Crippen LogP contribution in [0.1, 0.15) is 43.1 Å². The maximum atomic E-state index is 12.6. The first-order valence-electron chi connectivity index (χ1n) is 8.76. The lowest BCUT2D eigenvalue weighted by molar-refractivity contribution is -0.170. The summed E-state index contributed by atoms with van der Waals surface area (Å²) in [5.41, 5.74) is 6.66. The molecule has 1 aromatic rings. The van der Waals surface area contributed by atoms with E-state index in [1.165, 1.54) is 0 Å². The minimum Gasteiger partial charge on any atom is -0.378 e. The quantitative estimate of drug-likeness (QED) is 0.692. The van der Waals surface area contributed by atoms with Crippen molar-refractivity contribution in [2.45, 2.75) is 45.3 Å². The Balaban J connectivity index is 1.90. The summed E-state index contributed by atoms with van der Waals surface area (Å²) in [5.74, 6) is -0.263. The first-order valence-corrected chi connectivity index (χ1v) is 8.76. The van der Waals surface area contributed by atoms with Gasteiger partial charge < -0.3 is 21.1 Å². The van der Waals surface area contributed by atoms with E-state index in [-0.39, 0.29) is 17.9 Å². The first kappa shape index (κ1) is 19.4. The van der Waals surface area contributed by atoms with E-state index in [2.05, 4.69) is 10.6 Å². The molecule has 1 aliphatic rings. The van der Waals surface area contributed by atoms with Crippen LogP contribution >= 0.6 is 0 Å². The van der Waals surface area contributed by atoms with Gasteiger partial charge in [0, 0.05) is 37.6 Å². The molecule has 6 nitrogen and oxygen atoms in total. The number of benzene rings is 1. The van der Waals surface area contributed by atoms with E-state index in [1.54, 1.807) is 13.1 Å². The van der Waals surface area contributed by atoms with Gasteiger partial charge in [-0.15, -0.1) is 0 Å². The zero-order chi connectivity index (χ0) is 18.7. The highest BCUT2D eigenvalue weighted by atomic mass is 16.5. The Morgan fingerprint density at radius 3 is 2.68 bits per heavy atom. The van der Waals surface area contributed by atoms with E-state index in [4.69, 9.17) is 10.5 Å². The zero-order valence-electron chi connectivity index (χ0n) is 15.5. The van der Waals surface area contributed by atoms with Gasteiger partial charge >= 0.3 is 0 Å². The smallest absolute Gasteiger partial charge is 0.251 e. The third kappa shape index (κ3) is 3.70. The van der Waals surface area contributed by atoms with E-state index in [0.717, 1.165) is 5.56 Å². The van der Waals surface area contributed by atoms with Gasteiger partial charge in [0.2, 0.25) is 5.91 Å². The van der Waals surface area contributed by atoms with Crippen LogP contribution < -0.4 is 16.4 Å². The molecule has 0 spiro atoms. The van der Waals surface area contributed by atoms with Gasteiger partial charge in [0.25, 0.3) is 5.91 Å².